The van der Waals surface area contributed by atoms with E-state index < -0.39 is 18.3 Å². The minimum absolute atomic E-state index is 0.167. The molecule has 0 saturated carbocycles. The van der Waals surface area contributed by atoms with Crippen LogP contribution in [0.25, 0.3) is 0 Å². The van der Waals surface area contributed by atoms with Crippen molar-refractivity contribution in [3.63, 3.8) is 0 Å². The number of nitrogens with zero attached hydrogens (tertiary/aromatic N) is 1. The zero-order valence-electron chi connectivity index (χ0n) is 11.6. The summed E-state index contributed by atoms with van der Waals surface area (Å²) >= 11 is 0. The molecule has 0 aliphatic carbocycles. The predicted molar refractivity (Wildman–Crippen MR) is 66.5 cm³/mol. The topological polar surface area (TPSA) is 35.5 Å². The third-order valence-electron chi connectivity index (χ3n) is 2.82. The van der Waals surface area contributed by atoms with E-state index in [0.29, 0.717) is 6.54 Å². The number of aliphatic hydroxyl groups excluding tert-OH is 1. The fourth-order valence-electron chi connectivity index (χ4n) is 1.69. The van der Waals surface area contributed by atoms with Gasteiger partial charge in [0.2, 0.25) is 0 Å². The van der Waals surface area contributed by atoms with Gasteiger partial charge in [-0.15, -0.1) is 0 Å². The van der Waals surface area contributed by atoms with Gasteiger partial charge in [0.25, 0.3) is 0 Å². The fourth-order valence-corrected chi connectivity index (χ4v) is 1.69. The molecule has 0 spiro atoms. The molecule has 0 aliphatic rings. The van der Waals surface area contributed by atoms with Crippen molar-refractivity contribution in [3.05, 3.63) is 0 Å². The lowest BCUT2D eigenvalue weighted by molar-refractivity contribution is -0.152. The highest BCUT2D eigenvalue weighted by Crippen LogP contribution is 2.20. The van der Waals surface area contributed by atoms with E-state index in [9.17, 15) is 18.3 Å². The molecule has 1 unspecified atom stereocenters. The Morgan fingerprint density at radius 1 is 1.22 bits per heavy atom. The summed E-state index contributed by atoms with van der Waals surface area (Å²) in [5.41, 5.74) is -0.703. The largest absolute Gasteiger partial charge is 0.401 e. The lowest BCUT2D eigenvalue weighted by Crippen LogP contribution is -2.56. The Hall–Kier alpha value is -0.330. The molecule has 0 aromatic carbocycles. The van der Waals surface area contributed by atoms with E-state index in [-0.39, 0.29) is 19.2 Å². The maximum Gasteiger partial charge on any atom is 0.401 e. The summed E-state index contributed by atoms with van der Waals surface area (Å²) in [5, 5.41) is 12.5. The highest BCUT2D eigenvalue weighted by Gasteiger charge is 2.35. The Labute approximate surface area is 107 Å². The molecule has 0 saturated heterocycles. The van der Waals surface area contributed by atoms with Gasteiger partial charge in [-0.2, -0.15) is 13.2 Å². The van der Waals surface area contributed by atoms with Gasteiger partial charge in [0.1, 0.15) is 0 Å². The molecule has 1 atom stereocenters. The normalized spacial score (nSPS) is 16.3. The fraction of sp³-hybridized carbons (Fsp3) is 1.00. The minimum atomic E-state index is -4.22. The van der Waals surface area contributed by atoms with Gasteiger partial charge in [-0.05, 0) is 33.7 Å². The third-order valence-corrected chi connectivity index (χ3v) is 2.82. The van der Waals surface area contributed by atoms with Crippen molar-refractivity contribution in [2.45, 2.75) is 51.9 Å². The summed E-state index contributed by atoms with van der Waals surface area (Å²) in [4.78, 5) is 1.33. The van der Waals surface area contributed by atoms with Crippen LogP contribution in [-0.4, -0.2) is 54.0 Å². The molecule has 3 nitrogen and oxygen atoms in total. The molecule has 110 valence electrons. The third kappa shape index (κ3) is 7.18. The van der Waals surface area contributed by atoms with Crippen LogP contribution in [0.4, 0.5) is 13.2 Å². The summed E-state index contributed by atoms with van der Waals surface area (Å²) < 4.78 is 37.4. The van der Waals surface area contributed by atoms with Crippen LogP contribution in [0, 0.1) is 0 Å². The molecule has 2 N–H and O–H groups in total. The average molecular weight is 270 g/mol. The van der Waals surface area contributed by atoms with Gasteiger partial charge >= 0.3 is 6.18 Å². The zero-order valence-corrected chi connectivity index (χ0v) is 11.6. The van der Waals surface area contributed by atoms with Crippen LogP contribution in [0.2, 0.25) is 0 Å². The van der Waals surface area contributed by atoms with Gasteiger partial charge in [0.15, 0.2) is 0 Å². The molecule has 0 rings (SSSR count). The van der Waals surface area contributed by atoms with Crippen molar-refractivity contribution in [2.24, 2.45) is 0 Å². The Kier molecular flexibility index (Phi) is 7.17. The smallest absolute Gasteiger partial charge is 0.394 e. The highest BCUT2D eigenvalue weighted by molar-refractivity contribution is 4.87. The molecule has 0 aromatic heterocycles. The van der Waals surface area contributed by atoms with E-state index in [1.165, 1.54) is 4.90 Å². The SMILES string of the molecule is CCCNC(C)(CO)CN(CC(F)(F)F)C(C)C. The molecular formula is C12H25F3N2O. The summed E-state index contributed by atoms with van der Waals surface area (Å²) in [6, 6.07) is -0.221. The Morgan fingerprint density at radius 3 is 2.11 bits per heavy atom. The summed E-state index contributed by atoms with van der Waals surface area (Å²) in [7, 11) is 0. The first-order chi connectivity index (χ1) is 8.13. The Bertz CT molecular complexity index is 234. The van der Waals surface area contributed by atoms with Gasteiger partial charge in [-0.1, -0.05) is 6.92 Å². The lowest BCUT2D eigenvalue weighted by atomic mass is 10.0. The van der Waals surface area contributed by atoms with Gasteiger partial charge in [0.05, 0.1) is 18.7 Å². The van der Waals surface area contributed by atoms with Crippen molar-refractivity contribution in [1.82, 2.24) is 10.2 Å². The first kappa shape index (κ1) is 17.7. The van der Waals surface area contributed by atoms with E-state index in [1.54, 1.807) is 20.8 Å². The number of nitrogens with one attached hydrogen (secondary N) is 1. The zero-order chi connectivity index (χ0) is 14.4. The van der Waals surface area contributed by atoms with Crippen LogP contribution in [0.5, 0.6) is 0 Å². The van der Waals surface area contributed by atoms with Crippen LogP contribution in [0.1, 0.15) is 34.1 Å². The standard InChI is InChI=1S/C12H25F3N2O/c1-5-6-16-11(4,9-18)7-17(10(2)3)8-12(13,14)15/h10,16,18H,5-9H2,1-4H3. The van der Waals surface area contributed by atoms with Crippen molar-refractivity contribution in [2.75, 3.05) is 26.2 Å². The minimum Gasteiger partial charge on any atom is -0.394 e. The molecule has 0 fully saturated rings. The maximum absolute atomic E-state index is 12.5. The second kappa shape index (κ2) is 7.31. The molecule has 0 radical (unpaired) electrons. The summed E-state index contributed by atoms with van der Waals surface area (Å²) in [5.74, 6) is 0. The molecule has 0 aliphatic heterocycles. The Balaban J connectivity index is 4.62. The number of hydrogen-bond donors (Lipinski definition) is 2. The predicted octanol–water partition coefficient (Wildman–Crippen LogP) is 2.01. The van der Waals surface area contributed by atoms with E-state index in [4.69, 9.17) is 0 Å². The summed E-state index contributed by atoms with van der Waals surface area (Å²) in [6.45, 7) is 6.87. The number of hydrogen-bond acceptors (Lipinski definition) is 3. The first-order valence-corrected chi connectivity index (χ1v) is 6.30. The van der Waals surface area contributed by atoms with Crippen molar-refractivity contribution in [3.8, 4) is 0 Å². The first-order valence-electron chi connectivity index (χ1n) is 6.30. The van der Waals surface area contributed by atoms with Gasteiger partial charge < -0.3 is 10.4 Å². The van der Waals surface area contributed by atoms with E-state index in [0.717, 1.165) is 6.42 Å². The molecule has 0 amide bonds. The molecule has 6 heteroatoms. The van der Waals surface area contributed by atoms with Crippen LogP contribution in [0.15, 0.2) is 0 Å². The molecular weight excluding hydrogens is 245 g/mol. The van der Waals surface area contributed by atoms with Crippen LogP contribution < -0.4 is 5.32 Å². The lowest BCUT2D eigenvalue weighted by Gasteiger charge is -2.37. The second-order valence-corrected chi connectivity index (χ2v) is 5.26. The van der Waals surface area contributed by atoms with E-state index in [1.807, 2.05) is 6.92 Å². The number of alkyl halides is 3. The quantitative estimate of drug-likeness (QED) is 0.708. The molecule has 0 aromatic rings. The molecule has 0 bridgehead atoms. The molecule has 18 heavy (non-hydrogen) atoms. The van der Waals surface area contributed by atoms with Gasteiger partial charge in [-0.3, -0.25) is 4.90 Å². The van der Waals surface area contributed by atoms with E-state index >= 15 is 0 Å². The van der Waals surface area contributed by atoms with Gasteiger partial charge in [-0.25, -0.2) is 0 Å². The summed E-state index contributed by atoms with van der Waals surface area (Å²) in [6.07, 6.45) is -3.35. The van der Waals surface area contributed by atoms with Gasteiger partial charge in [0, 0.05) is 12.6 Å². The van der Waals surface area contributed by atoms with E-state index in [2.05, 4.69) is 5.32 Å². The van der Waals surface area contributed by atoms with Crippen molar-refractivity contribution >= 4 is 0 Å². The highest BCUT2D eigenvalue weighted by atomic mass is 19.4. The molecule has 0 heterocycles. The van der Waals surface area contributed by atoms with Crippen molar-refractivity contribution in [1.29, 1.82) is 0 Å². The number of aliphatic hydroxyl groups is 1. The number of rotatable bonds is 8. The van der Waals surface area contributed by atoms with Crippen molar-refractivity contribution < 1.29 is 18.3 Å². The monoisotopic (exact) mass is 270 g/mol. The number of halogens is 3. The van der Waals surface area contributed by atoms with Crippen LogP contribution in [0.3, 0.4) is 0 Å². The average Bonchev–Trinajstić information content (AvgIpc) is 2.23. The maximum atomic E-state index is 12.5. The van der Waals surface area contributed by atoms with Crippen LogP contribution >= 0.6 is 0 Å². The van der Waals surface area contributed by atoms with Crippen LogP contribution in [-0.2, 0) is 0 Å². The second-order valence-electron chi connectivity index (χ2n) is 5.26. The Morgan fingerprint density at radius 2 is 1.78 bits per heavy atom.